The molecule has 0 aliphatic heterocycles. The van der Waals surface area contributed by atoms with Crippen molar-refractivity contribution >= 4 is 41.4 Å². The quantitative estimate of drug-likeness (QED) is 0.0582. The number of hydrogen-bond donors (Lipinski definition) is 8. The Morgan fingerprint density at radius 3 is 1.75 bits per heavy atom. The van der Waals surface area contributed by atoms with E-state index in [1.165, 1.54) is 51.9 Å². The van der Waals surface area contributed by atoms with Gasteiger partial charge in [0.2, 0.25) is 35.4 Å². The van der Waals surface area contributed by atoms with Crippen LogP contribution in [-0.4, -0.2) is 88.9 Å². The highest BCUT2D eigenvalue weighted by Gasteiger charge is 2.30. The molecule has 0 unspecified atom stereocenters. The molecule has 15 heteroatoms. The molecule has 1 aromatic carbocycles. The third-order valence-corrected chi connectivity index (χ3v) is 8.25. The van der Waals surface area contributed by atoms with Gasteiger partial charge >= 0.3 is 5.97 Å². The van der Waals surface area contributed by atoms with Gasteiger partial charge in [-0.05, 0) is 25.3 Å². The first-order valence-electron chi connectivity index (χ1n) is 18.0. The van der Waals surface area contributed by atoms with Crippen molar-refractivity contribution in [1.82, 2.24) is 26.6 Å². The molecule has 15 nitrogen and oxygen atoms in total. The maximum atomic E-state index is 13.4. The number of benzene rings is 1. The average Bonchev–Trinajstić information content (AvgIpc) is 3.09. The Morgan fingerprint density at radius 1 is 0.667 bits per heavy atom. The van der Waals surface area contributed by atoms with Crippen molar-refractivity contribution in [3.05, 3.63) is 35.9 Å². The minimum Gasteiger partial charge on any atom is -0.480 e. The van der Waals surface area contributed by atoms with Gasteiger partial charge in [0.25, 0.3) is 0 Å². The maximum Gasteiger partial charge on any atom is 0.328 e. The summed E-state index contributed by atoms with van der Waals surface area (Å²) < 4.78 is 0. The first-order chi connectivity index (χ1) is 24.4. The van der Waals surface area contributed by atoms with Gasteiger partial charge in [-0.15, -0.1) is 0 Å². The SMILES string of the molecule is CCCCCCCCCCCCCC(=O)NCC(=O)N[C@@H](C)C(=O)N[C@@H](CCC(N)=O)C(=O)N[C@@H](Cc1ccccc1)C(=O)N[C@@H](CO)C(=O)O. The van der Waals surface area contributed by atoms with Crippen LogP contribution in [0.1, 0.15) is 109 Å². The molecule has 9 N–H and O–H groups in total. The summed E-state index contributed by atoms with van der Waals surface area (Å²) in [6.45, 7) is 2.34. The molecule has 0 aliphatic rings. The molecule has 1 rings (SSSR count). The number of hydrogen-bond acceptors (Lipinski definition) is 8. The van der Waals surface area contributed by atoms with Crippen molar-refractivity contribution < 1.29 is 43.8 Å². The highest BCUT2D eigenvalue weighted by Crippen LogP contribution is 2.12. The van der Waals surface area contributed by atoms with Gasteiger partial charge in [0, 0.05) is 19.3 Å². The molecule has 0 bridgehead atoms. The molecule has 0 aromatic heterocycles. The van der Waals surface area contributed by atoms with E-state index in [2.05, 4.69) is 33.5 Å². The highest BCUT2D eigenvalue weighted by atomic mass is 16.4. The summed E-state index contributed by atoms with van der Waals surface area (Å²) in [4.78, 5) is 87.0. The first-order valence-corrected chi connectivity index (χ1v) is 18.0. The zero-order valence-corrected chi connectivity index (χ0v) is 30.0. The Bertz CT molecular complexity index is 1250. The largest absolute Gasteiger partial charge is 0.480 e. The van der Waals surface area contributed by atoms with Gasteiger partial charge in [-0.25, -0.2) is 4.79 Å². The monoisotopic (exact) mass is 718 g/mol. The molecule has 1 aromatic rings. The van der Waals surface area contributed by atoms with Crippen LogP contribution < -0.4 is 32.3 Å². The number of nitrogens with one attached hydrogen (secondary N) is 5. The van der Waals surface area contributed by atoms with E-state index in [4.69, 9.17) is 5.73 Å². The molecule has 6 amide bonds. The minimum absolute atomic E-state index is 0.0654. The number of unbranched alkanes of at least 4 members (excludes halogenated alkanes) is 10. The second-order valence-electron chi connectivity index (χ2n) is 12.8. The van der Waals surface area contributed by atoms with Gasteiger partial charge in [0.05, 0.1) is 13.2 Å². The van der Waals surface area contributed by atoms with Gasteiger partial charge < -0.3 is 42.5 Å². The molecule has 0 radical (unpaired) electrons. The summed E-state index contributed by atoms with van der Waals surface area (Å²) in [5, 5.41) is 30.7. The van der Waals surface area contributed by atoms with Crippen LogP contribution in [-0.2, 0) is 40.0 Å². The number of carboxylic acid groups (broad SMARTS) is 1. The number of carboxylic acids is 1. The highest BCUT2D eigenvalue weighted by molar-refractivity contribution is 5.95. The van der Waals surface area contributed by atoms with Crippen LogP contribution in [0.4, 0.5) is 0 Å². The number of aliphatic hydroxyl groups excluding tert-OH is 1. The fourth-order valence-electron chi connectivity index (χ4n) is 5.22. The minimum atomic E-state index is -1.63. The van der Waals surface area contributed by atoms with Crippen LogP contribution in [0.25, 0.3) is 0 Å². The molecular weight excluding hydrogens is 660 g/mol. The number of carbonyl (C=O) groups is 7. The van der Waals surface area contributed by atoms with Gasteiger partial charge in [-0.2, -0.15) is 0 Å². The fourth-order valence-corrected chi connectivity index (χ4v) is 5.22. The Balaban J connectivity index is 2.66. The van der Waals surface area contributed by atoms with E-state index in [1.54, 1.807) is 30.3 Å². The standard InChI is InChI=1S/C36H58N6O9/c1-3-4-5-6-7-8-9-10-11-12-16-19-31(45)38-23-32(46)39-25(2)33(47)40-27(20-21-30(37)44)34(48)41-28(22-26-17-14-13-15-18-26)35(49)42-29(24-43)36(50)51/h13-15,17-18,25,27-29,43H,3-12,16,19-24H2,1-2H3,(H2,37,44)(H,38,45)(H,39,46)(H,40,47)(H,41,48)(H,42,49)(H,50,51)/t25-,27-,28-,29-/m0/s1. The molecule has 51 heavy (non-hydrogen) atoms. The zero-order valence-electron chi connectivity index (χ0n) is 30.0. The summed E-state index contributed by atoms with van der Waals surface area (Å²) in [5.41, 5.74) is 5.89. The number of primary amides is 1. The van der Waals surface area contributed by atoms with E-state index < -0.39 is 66.3 Å². The summed E-state index contributed by atoms with van der Waals surface area (Å²) in [6, 6.07) is 3.06. The van der Waals surface area contributed by atoms with Crippen molar-refractivity contribution in [2.24, 2.45) is 5.73 Å². The first kappa shape index (κ1) is 44.5. The number of amides is 6. The fraction of sp³-hybridized carbons (Fsp3) is 0.639. The number of rotatable bonds is 28. The average molecular weight is 719 g/mol. The molecular formula is C36H58N6O9. The van der Waals surface area contributed by atoms with E-state index in [0.29, 0.717) is 12.0 Å². The van der Waals surface area contributed by atoms with Crippen molar-refractivity contribution in [3.63, 3.8) is 0 Å². The molecule has 286 valence electrons. The van der Waals surface area contributed by atoms with Gasteiger partial charge in [0.15, 0.2) is 0 Å². The van der Waals surface area contributed by atoms with Crippen LogP contribution in [0.2, 0.25) is 0 Å². The van der Waals surface area contributed by atoms with E-state index >= 15 is 0 Å². The third-order valence-electron chi connectivity index (χ3n) is 8.25. The van der Waals surface area contributed by atoms with Crippen LogP contribution in [0.15, 0.2) is 30.3 Å². The lowest BCUT2D eigenvalue weighted by atomic mass is 10.0. The molecule has 0 saturated heterocycles. The maximum absolute atomic E-state index is 13.4. The summed E-state index contributed by atoms with van der Waals surface area (Å²) >= 11 is 0. The molecule has 0 aliphatic carbocycles. The molecule has 0 fully saturated rings. The Hall–Kier alpha value is -4.53. The van der Waals surface area contributed by atoms with Gasteiger partial charge in [-0.1, -0.05) is 101 Å². The van der Waals surface area contributed by atoms with Crippen LogP contribution in [0, 0.1) is 0 Å². The smallest absolute Gasteiger partial charge is 0.328 e. The molecule has 0 spiro atoms. The Morgan fingerprint density at radius 2 is 1.20 bits per heavy atom. The number of aliphatic carboxylic acids is 1. The Kier molecular flexibility index (Phi) is 22.9. The van der Waals surface area contributed by atoms with Crippen molar-refractivity contribution in [1.29, 1.82) is 0 Å². The Labute approximate surface area is 300 Å². The summed E-state index contributed by atoms with van der Waals surface area (Å²) in [5.74, 6) is -5.69. The van der Waals surface area contributed by atoms with Crippen LogP contribution >= 0.6 is 0 Å². The van der Waals surface area contributed by atoms with Crippen LogP contribution in [0.5, 0.6) is 0 Å². The lowest BCUT2D eigenvalue weighted by molar-refractivity contribution is -0.143. The molecule has 0 heterocycles. The van der Waals surface area contributed by atoms with Gasteiger partial charge in [-0.3, -0.25) is 28.8 Å². The number of carbonyl (C=O) groups excluding carboxylic acids is 6. The lowest BCUT2D eigenvalue weighted by Gasteiger charge is -2.25. The van der Waals surface area contributed by atoms with E-state index in [-0.39, 0.29) is 38.1 Å². The summed E-state index contributed by atoms with van der Waals surface area (Å²) in [7, 11) is 0. The van der Waals surface area contributed by atoms with Crippen molar-refractivity contribution in [2.45, 2.75) is 134 Å². The lowest BCUT2D eigenvalue weighted by Crippen LogP contribution is -2.58. The zero-order chi connectivity index (χ0) is 38.0. The predicted molar refractivity (Wildman–Crippen MR) is 191 cm³/mol. The van der Waals surface area contributed by atoms with E-state index in [1.807, 2.05) is 0 Å². The number of nitrogens with two attached hydrogens (primary N) is 1. The van der Waals surface area contributed by atoms with Crippen LogP contribution in [0.3, 0.4) is 0 Å². The van der Waals surface area contributed by atoms with E-state index in [0.717, 1.165) is 19.3 Å². The second-order valence-corrected chi connectivity index (χ2v) is 12.8. The second kappa shape index (κ2) is 26.3. The van der Waals surface area contributed by atoms with E-state index in [9.17, 15) is 43.8 Å². The number of aliphatic hydroxyl groups is 1. The van der Waals surface area contributed by atoms with Crippen molar-refractivity contribution in [2.75, 3.05) is 13.2 Å². The van der Waals surface area contributed by atoms with Crippen molar-refractivity contribution in [3.8, 4) is 0 Å². The van der Waals surface area contributed by atoms with Gasteiger partial charge in [0.1, 0.15) is 24.2 Å². The summed E-state index contributed by atoms with van der Waals surface area (Å²) in [6.07, 6.45) is 12.4. The molecule has 0 saturated carbocycles. The predicted octanol–water partition coefficient (Wildman–Crippen LogP) is 1.35. The normalized spacial score (nSPS) is 13.2. The third kappa shape index (κ3) is 20.7. The topological polar surface area (TPSA) is 246 Å². The molecule has 4 atom stereocenters.